The summed E-state index contributed by atoms with van der Waals surface area (Å²) in [6, 6.07) is 18.8. The summed E-state index contributed by atoms with van der Waals surface area (Å²) >= 11 is 0. The van der Waals surface area contributed by atoms with Crippen molar-refractivity contribution in [2.75, 3.05) is 33.2 Å². The Hall–Kier alpha value is -2.13. The van der Waals surface area contributed by atoms with Crippen molar-refractivity contribution in [2.24, 2.45) is 4.99 Å². The predicted molar refractivity (Wildman–Crippen MR) is 142 cm³/mol. The van der Waals surface area contributed by atoms with Crippen molar-refractivity contribution in [1.29, 1.82) is 0 Å². The van der Waals surface area contributed by atoms with Crippen LogP contribution in [0.4, 0.5) is 0 Å². The van der Waals surface area contributed by atoms with Crippen LogP contribution < -0.4 is 10.6 Å². The van der Waals surface area contributed by atoms with Crippen molar-refractivity contribution in [3.05, 3.63) is 71.3 Å². The maximum absolute atomic E-state index is 12.6. The molecule has 0 aromatic heterocycles. The molecule has 0 spiro atoms. The Balaban J connectivity index is 0.00000363. The molecule has 1 amide bonds. The van der Waals surface area contributed by atoms with Crippen molar-refractivity contribution < 1.29 is 4.79 Å². The van der Waals surface area contributed by atoms with Crippen molar-refractivity contribution in [3.63, 3.8) is 0 Å². The average molecular weight is 550 g/mol. The molecule has 174 valence electrons. The van der Waals surface area contributed by atoms with E-state index < -0.39 is 0 Å². The number of hydrogen-bond acceptors (Lipinski definition) is 3. The Bertz CT molecular complexity index is 835. The summed E-state index contributed by atoms with van der Waals surface area (Å²) in [7, 11) is 1.72. The van der Waals surface area contributed by atoms with Gasteiger partial charge in [-0.05, 0) is 49.5 Å². The Morgan fingerprint density at radius 2 is 1.62 bits per heavy atom. The van der Waals surface area contributed by atoms with E-state index in [1.807, 2.05) is 42.2 Å². The Labute approximate surface area is 209 Å². The predicted octanol–water partition coefficient (Wildman–Crippen LogP) is 3.61. The smallest absolute Gasteiger partial charge is 0.242 e. The first-order valence-corrected chi connectivity index (χ1v) is 11.2. The number of guanidine groups is 1. The van der Waals surface area contributed by atoms with Gasteiger partial charge in [0, 0.05) is 33.2 Å². The lowest BCUT2D eigenvalue weighted by atomic mass is 10.1. The first-order chi connectivity index (χ1) is 15.2. The van der Waals surface area contributed by atoms with Crippen LogP contribution in [0.1, 0.15) is 36.5 Å². The highest BCUT2D eigenvalue weighted by atomic mass is 127. The summed E-state index contributed by atoms with van der Waals surface area (Å²) in [5.41, 5.74) is 3.68. The number of nitrogens with zero attached hydrogens (tertiary/aromatic N) is 3. The van der Waals surface area contributed by atoms with Crippen LogP contribution in [0.2, 0.25) is 0 Å². The van der Waals surface area contributed by atoms with Crippen LogP contribution in [0.5, 0.6) is 0 Å². The SMILES string of the molecule is CCN(Cc1ccccc1)C(=O)CNC(=NC)NCc1ccc(CN2CCCC2)cc1.I. The summed E-state index contributed by atoms with van der Waals surface area (Å²) in [6.07, 6.45) is 2.64. The van der Waals surface area contributed by atoms with Gasteiger partial charge in [-0.15, -0.1) is 24.0 Å². The monoisotopic (exact) mass is 549 g/mol. The second-order valence-electron chi connectivity index (χ2n) is 7.97. The molecule has 0 aliphatic carbocycles. The number of halogens is 1. The minimum absolute atomic E-state index is 0. The first-order valence-electron chi connectivity index (χ1n) is 11.2. The maximum Gasteiger partial charge on any atom is 0.242 e. The summed E-state index contributed by atoms with van der Waals surface area (Å²) < 4.78 is 0. The van der Waals surface area contributed by atoms with Crippen molar-refractivity contribution in [2.45, 2.75) is 39.4 Å². The number of aliphatic imine (C=N–C) groups is 1. The quantitative estimate of drug-likeness (QED) is 0.285. The molecular weight excluding hydrogens is 513 g/mol. The molecule has 2 aromatic rings. The fraction of sp³-hybridized carbons (Fsp3) is 0.440. The fourth-order valence-corrected chi connectivity index (χ4v) is 3.82. The number of carbonyl (C=O) groups is 1. The van der Waals surface area contributed by atoms with E-state index in [1.165, 1.54) is 37.1 Å². The molecule has 0 radical (unpaired) electrons. The Morgan fingerprint density at radius 1 is 0.969 bits per heavy atom. The zero-order valence-electron chi connectivity index (χ0n) is 19.2. The molecule has 0 bridgehead atoms. The molecule has 2 N–H and O–H groups in total. The molecule has 1 saturated heterocycles. The summed E-state index contributed by atoms with van der Waals surface area (Å²) in [5, 5.41) is 6.44. The molecule has 1 heterocycles. The molecule has 6 nitrogen and oxygen atoms in total. The third kappa shape index (κ3) is 8.43. The first kappa shape index (κ1) is 26.1. The molecule has 32 heavy (non-hydrogen) atoms. The highest BCUT2D eigenvalue weighted by molar-refractivity contribution is 14.0. The number of benzene rings is 2. The lowest BCUT2D eigenvalue weighted by Crippen LogP contribution is -2.44. The molecule has 0 unspecified atom stereocenters. The highest BCUT2D eigenvalue weighted by Gasteiger charge is 2.13. The van der Waals surface area contributed by atoms with Gasteiger partial charge in [0.2, 0.25) is 5.91 Å². The number of nitrogens with one attached hydrogen (secondary N) is 2. The van der Waals surface area contributed by atoms with E-state index in [0.29, 0.717) is 25.6 Å². The topological polar surface area (TPSA) is 60.0 Å². The Morgan fingerprint density at radius 3 is 2.25 bits per heavy atom. The van der Waals surface area contributed by atoms with Gasteiger partial charge in [0.25, 0.3) is 0 Å². The normalized spacial score (nSPS) is 14.0. The number of carbonyl (C=O) groups excluding carboxylic acids is 1. The highest BCUT2D eigenvalue weighted by Crippen LogP contribution is 2.13. The van der Waals surface area contributed by atoms with Gasteiger partial charge in [-0.3, -0.25) is 14.7 Å². The molecule has 1 fully saturated rings. The molecule has 2 aromatic carbocycles. The fourth-order valence-electron chi connectivity index (χ4n) is 3.82. The van der Waals surface area contributed by atoms with E-state index in [4.69, 9.17) is 0 Å². The van der Waals surface area contributed by atoms with E-state index in [-0.39, 0.29) is 36.4 Å². The average Bonchev–Trinajstić information content (AvgIpc) is 3.32. The lowest BCUT2D eigenvalue weighted by molar-refractivity contribution is -0.130. The second-order valence-corrected chi connectivity index (χ2v) is 7.97. The number of hydrogen-bond donors (Lipinski definition) is 2. The van der Waals surface area contributed by atoms with E-state index in [9.17, 15) is 4.79 Å². The molecule has 7 heteroatoms. The van der Waals surface area contributed by atoms with Gasteiger partial charge in [-0.1, -0.05) is 54.6 Å². The standard InChI is InChI=1S/C25H35N5O.HI/c1-3-30(20-22-9-5-4-6-10-22)24(31)18-28-25(26-2)27-17-21-11-13-23(14-12-21)19-29-15-7-8-16-29;/h4-6,9-14H,3,7-8,15-20H2,1-2H3,(H2,26,27,28);1H. The second kappa shape index (κ2) is 14.1. The minimum atomic E-state index is 0. The van der Waals surface area contributed by atoms with Gasteiger partial charge >= 0.3 is 0 Å². The maximum atomic E-state index is 12.6. The number of amides is 1. The largest absolute Gasteiger partial charge is 0.352 e. The molecule has 3 rings (SSSR count). The molecule has 0 saturated carbocycles. The molecular formula is C25H36IN5O. The van der Waals surface area contributed by atoms with Crippen LogP contribution >= 0.6 is 24.0 Å². The zero-order chi connectivity index (χ0) is 21.9. The van der Waals surface area contributed by atoms with Gasteiger partial charge < -0.3 is 15.5 Å². The molecule has 1 aliphatic heterocycles. The summed E-state index contributed by atoms with van der Waals surface area (Å²) in [5.74, 6) is 0.686. The van der Waals surface area contributed by atoms with E-state index in [0.717, 1.165) is 12.1 Å². The lowest BCUT2D eigenvalue weighted by Gasteiger charge is -2.22. The summed E-state index contributed by atoms with van der Waals surface area (Å²) in [6.45, 7) is 7.64. The molecule has 0 atom stereocenters. The zero-order valence-corrected chi connectivity index (χ0v) is 21.5. The van der Waals surface area contributed by atoms with Gasteiger partial charge in [-0.2, -0.15) is 0 Å². The van der Waals surface area contributed by atoms with Crippen molar-refractivity contribution in [3.8, 4) is 0 Å². The van der Waals surface area contributed by atoms with Crippen molar-refractivity contribution in [1.82, 2.24) is 20.4 Å². The van der Waals surface area contributed by atoms with Gasteiger partial charge in [0.05, 0.1) is 6.54 Å². The van der Waals surface area contributed by atoms with Gasteiger partial charge in [-0.25, -0.2) is 0 Å². The van der Waals surface area contributed by atoms with Crippen LogP contribution in [0.25, 0.3) is 0 Å². The van der Waals surface area contributed by atoms with Crippen LogP contribution in [-0.2, 0) is 24.4 Å². The minimum Gasteiger partial charge on any atom is -0.352 e. The van der Waals surface area contributed by atoms with E-state index in [1.54, 1.807) is 7.05 Å². The van der Waals surface area contributed by atoms with Crippen LogP contribution in [0.15, 0.2) is 59.6 Å². The van der Waals surface area contributed by atoms with Crippen LogP contribution in [0.3, 0.4) is 0 Å². The Kier molecular flexibility index (Phi) is 11.5. The van der Waals surface area contributed by atoms with Crippen LogP contribution in [-0.4, -0.2) is 54.9 Å². The molecule has 1 aliphatic rings. The van der Waals surface area contributed by atoms with E-state index >= 15 is 0 Å². The number of rotatable bonds is 9. The van der Waals surface area contributed by atoms with Gasteiger partial charge in [0.15, 0.2) is 5.96 Å². The number of likely N-dealkylation sites (tertiary alicyclic amines) is 1. The van der Waals surface area contributed by atoms with Crippen LogP contribution in [0, 0.1) is 0 Å². The number of likely N-dealkylation sites (N-methyl/N-ethyl adjacent to an activating group) is 1. The third-order valence-electron chi connectivity index (χ3n) is 5.67. The van der Waals surface area contributed by atoms with Crippen molar-refractivity contribution >= 4 is 35.8 Å². The summed E-state index contributed by atoms with van der Waals surface area (Å²) in [4.78, 5) is 21.2. The third-order valence-corrected chi connectivity index (χ3v) is 5.67. The van der Waals surface area contributed by atoms with Gasteiger partial charge in [0.1, 0.15) is 0 Å². The van der Waals surface area contributed by atoms with E-state index in [2.05, 4.69) is 44.8 Å².